The van der Waals surface area contributed by atoms with Crippen LogP contribution in [-0.2, 0) is 12.8 Å². The summed E-state index contributed by atoms with van der Waals surface area (Å²) in [5.41, 5.74) is 8.67. The van der Waals surface area contributed by atoms with E-state index in [4.69, 9.17) is 11.1 Å². The van der Waals surface area contributed by atoms with Crippen LogP contribution in [0.2, 0.25) is 0 Å². The van der Waals surface area contributed by atoms with Crippen molar-refractivity contribution in [2.45, 2.75) is 46.0 Å². The van der Waals surface area contributed by atoms with Crippen LogP contribution in [0.1, 0.15) is 49.9 Å². The van der Waals surface area contributed by atoms with Gasteiger partial charge in [-0.3, -0.25) is 5.41 Å². The van der Waals surface area contributed by atoms with Gasteiger partial charge in [0.2, 0.25) is 0 Å². The van der Waals surface area contributed by atoms with Crippen molar-refractivity contribution in [1.29, 1.82) is 5.41 Å². The molecule has 2 heterocycles. The molecule has 19 heavy (non-hydrogen) atoms. The van der Waals surface area contributed by atoms with Crippen molar-refractivity contribution in [3.63, 3.8) is 0 Å². The van der Waals surface area contributed by atoms with Crippen molar-refractivity contribution < 1.29 is 0 Å². The molecule has 0 atom stereocenters. The number of rotatable bonds is 4. The minimum absolute atomic E-state index is 0.113. The molecule has 2 rings (SSSR count). The van der Waals surface area contributed by atoms with Crippen LogP contribution in [0.5, 0.6) is 0 Å². The SMILES string of the molecule is CCc1nnc(N2CCCCC2)c(C(=N)N)c1CC. The van der Waals surface area contributed by atoms with E-state index in [2.05, 4.69) is 28.9 Å². The number of aromatic nitrogens is 2. The van der Waals surface area contributed by atoms with Gasteiger partial charge in [-0.15, -0.1) is 5.10 Å². The fourth-order valence-corrected chi connectivity index (χ4v) is 2.77. The fraction of sp³-hybridized carbons (Fsp3) is 0.643. The Morgan fingerprint density at radius 2 is 1.84 bits per heavy atom. The molecule has 0 amide bonds. The summed E-state index contributed by atoms with van der Waals surface area (Å²) < 4.78 is 0. The number of nitrogens with two attached hydrogens (primary N) is 1. The van der Waals surface area contributed by atoms with Gasteiger partial charge >= 0.3 is 0 Å². The highest BCUT2D eigenvalue weighted by atomic mass is 15.3. The first-order valence-electron chi connectivity index (χ1n) is 7.16. The number of nitrogens with one attached hydrogen (secondary N) is 1. The number of aryl methyl sites for hydroxylation is 1. The Bertz CT molecular complexity index is 463. The van der Waals surface area contributed by atoms with E-state index in [1.165, 1.54) is 19.3 Å². The fourth-order valence-electron chi connectivity index (χ4n) is 2.77. The zero-order valence-corrected chi connectivity index (χ0v) is 11.9. The van der Waals surface area contributed by atoms with Crippen LogP contribution in [0.15, 0.2) is 0 Å². The van der Waals surface area contributed by atoms with Crippen molar-refractivity contribution in [2.75, 3.05) is 18.0 Å². The quantitative estimate of drug-likeness (QED) is 0.640. The van der Waals surface area contributed by atoms with Gasteiger partial charge in [-0.2, -0.15) is 5.10 Å². The summed E-state index contributed by atoms with van der Waals surface area (Å²) in [6, 6.07) is 0. The molecule has 0 unspecified atom stereocenters. The predicted octanol–water partition coefficient (Wildman–Crippen LogP) is 1.88. The van der Waals surface area contributed by atoms with Crippen molar-refractivity contribution in [1.82, 2.24) is 10.2 Å². The maximum Gasteiger partial charge on any atom is 0.162 e. The lowest BCUT2D eigenvalue weighted by Gasteiger charge is -2.29. The Hall–Kier alpha value is -1.65. The van der Waals surface area contributed by atoms with Crippen molar-refractivity contribution in [3.8, 4) is 0 Å². The molecule has 0 aromatic carbocycles. The average molecular weight is 261 g/mol. The smallest absolute Gasteiger partial charge is 0.162 e. The zero-order valence-electron chi connectivity index (χ0n) is 11.9. The van der Waals surface area contributed by atoms with Gasteiger partial charge in [-0.25, -0.2) is 0 Å². The lowest BCUT2D eigenvalue weighted by atomic mass is 10.0. The second-order valence-corrected chi connectivity index (χ2v) is 4.99. The first kappa shape index (κ1) is 13.8. The second-order valence-electron chi connectivity index (χ2n) is 4.99. The molecule has 5 heteroatoms. The predicted molar refractivity (Wildman–Crippen MR) is 77.9 cm³/mol. The van der Waals surface area contributed by atoms with Gasteiger partial charge in [0.05, 0.1) is 11.3 Å². The molecule has 1 aromatic rings. The molecule has 5 nitrogen and oxygen atoms in total. The highest BCUT2D eigenvalue weighted by molar-refractivity contribution is 6.01. The third kappa shape index (κ3) is 2.69. The molecule has 0 aliphatic carbocycles. The summed E-state index contributed by atoms with van der Waals surface area (Å²) in [5, 5.41) is 16.6. The summed E-state index contributed by atoms with van der Waals surface area (Å²) in [4.78, 5) is 2.23. The Morgan fingerprint density at radius 1 is 1.16 bits per heavy atom. The monoisotopic (exact) mass is 261 g/mol. The molecule has 0 radical (unpaired) electrons. The van der Waals surface area contributed by atoms with Crippen LogP contribution in [0.25, 0.3) is 0 Å². The molecule has 1 aliphatic heterocycles. The van der Waals surface area contributed by atoms with Crippen molar-refractivity contribution in [2.24, 2.45) is 5.73 Å². The van der Waals surface area contributed by atoms with Gasteiger partial charge < -0.3 is 10.6 Å². The third-order valence-electron chi connectivity index (χ3n) is 3.75. The molecule has 3 N–H and O–H groups in total. The molecule has 0 spiro atoms. The molecule has 1 saturated heterocycles. The van der Waals surface area contributed by atoms with E-state index in [-0.39, 0.29) is 5.84 Å². The molecule has 1 aromatic heterocycles. The number of nitrogen functional groups attached to an aromatic ring is 1. The summed E-state index contributed by atoms with van der Waals surface area (Å²) in [5.74, 6) is 0.920. The van der Waals surface area contributed by atoms with Crippen LogP contribution in [0.3, 0.4) is 0 Å². The number of anilines is 1. The summed E-state index contributed by atoms with van der Waals surface area (Å²) >= 11 is 0. The summed E-state index contributed by atoms with van der Waals surface area (Å²) in [6.45, 7) is 6.13. The van der Waals surface area contributed by atoms with Crippen LogP contribution in [-0.4, -0.2) is 29.1 Å². The minimum Gasteiger partial charge on any atom is -0.384 e. The molecular formula is C14H23N5. The second kappa shape index (κ2) is 5.99. The van der Waals surface area contributed by atoms with E-state index >= 15 is 0 Å². The lowest BCUT2D eigenvalue weighted by molar-refractivity contribution is 0.569. The zero-order chi connectivity index (χ0) is 13.8. The summed E-state index contributed by atoms with van der Waals surface area (Å²) in [7, 11) is 0. The largest absolute Gasteiger partial charge is 0.384 e. The Morgan fingerprint density at radius 3 is 2.37 bits per heavy atom. The van der Waals surface area contributed by atoms with Gasteiger partial charge in [-0.1, -0.05) is 13.8 Å². The number of amidine groups is 1. The highest BCUT2D eigenvalue weighted by Crippen LogP contribution is 2.26. The third-order valence-corrected chi connectivity index (χ3v) is 3.75. The van der Waals surface area contributed by atoms with E-state index in [0.29, 0.717) is 0 Å². The van der Waals surface area contributed by atoms with Crippen molar-refractivity contribution >= 4 is 11.7 Å². The first-order valence-corrected chi connectivity index (χ1v) is 7.16. The normalized spacial score (nSPS) is 15.6. The number of piperidine rings is 1. The minimum atomic E-state index is 0.113. The van der Waals surface area contributed by atoms with Crippen molar-refractivity contribution in [3.05, 3.63) is 16.8 Å². The van der Waals surface area contributed by atoms with E-state index in [1.54, 1.807) is 0 Å². The molecule has 1 aliphatic rings. The van der Waals surface area contributed by atoms with Gasteiger partial charge in [0.1, 0.15) is 5.84 Å². The number of hydrogen-bond donors (Lipinski definition) is 2. The molecule has 104 valence electrons. The molecule has 1 fully saturated rings. The lowest BCUT2D eigenvalue weighted by Crippen LogP contribution is -2.33. The Balaban J connectivity index is 2.50. The van der Waals surface area contributed by atoms with E-state index in [1.807, 2.05) is 0 Å². The summed E-state index contributed by atoms with van der Waals surface area (Å²) in [6.07, 6.45) is 5.30. The molecule has 0 saturated carbocycles. The van der Waals surface area contributed by atoms with Crippen LogP contribution in [0, 0.1) is 5.41 Å². The molecular weight excluding hydrogens is 238 g/mol. The Labute approximate surface area is 114 Å². The average Bonchev–Trinajstić information content (AvgIpc) is 2.46. The van der Waals surface area contributed by atoms with Crippen LogP contribution in [0.4, 0.5) is 5.82 Å². The van der Waals surface area contributed by atoms with Gasteiger partial charge in [0.15, 0.2) is 5.82 Å². The Kier molecular flexibility index (Phi) is 4.35. The van der Waals surface area contributed by atoms with E-state index < -0.39 is 0 Å². The maximum atomic E-state index is 7.89. The van der Waals surface area contributed by atoms with Crippen LogP contribution >= 0.6 is 0 Å². The van der Waals surface area contributed by atoms with E-state index in [9.17, 15) is 0 Å². The highest BCUT2D eigenvalue weighted by Gasteiger charge is 2.22. The first-order chi connectivity index (χ1) is 9.19. The van der Waals surface area contributed by atoms with Gasteiger partial charge in [-0.05, 0) is 37.7 Å². The van der Waals surface area contributed by atoms with Gasteiger partial charge in [0.25, 0.3) is 0 Å². The van der Waals surface area contributed by atoms with Crippen LogP contribution < -0.4 is 10.6 Å². The number of nitrogens with zero attached hydrogens (tertiary/aromatic N) is 3. The number of hydrogen-bond acceptors (Lipinski definition) is 4. The maximum absolute atomic E-state index is 7.89. The topological polar surface area (TPSA) is 78.9 Å². The standard InChI is InChI=1S/C14H23N5/c1-3-10-11(4-2)17-18-14(12(10)13(15)16)19-8-6-5-7-9-19/h3-9H2,1-2H3,(H3,15,16). The van der Waals surface area contributed by atoms with Gasteiger partial charge in [0, 0.05) is 13.1 Å². The molecule has 0 bridgehead atoms. The van der Waals surface area contributed by atoms with E-state index in [0.717, 1.165) is 48.6 Å².